The van der Waals surface area contributed by atoms with E-state index in [1.54, 1.807) is 36.6 Å². The third-order valence-electron chi connectivity index (χ3n) is 4.96. The lowest BCUT2D eigenvalue weighted by molar-refractivity contribution is -0.118. The molecule has 1 aromatic carbocycles. The molecule has 6 heteroatoms. The van der Waals surface area contributed by atoms with Crippen molar-refractivity contribution in [3.05, 3.63) is 72.2 Å². The van der Waals surface area contributed by atoms with Gasteiger partial charge in [-0.3, -0.25) is 9.10 Å². The molecule has 2 aliphatic heterocycles. The Morgan fingerprint density at radius 1 is 1.08 bits per heavy atom. The molecule has 0 saturated carbocycles. The molecule has 0 spiro atoms. The first kappa shape index (κ1) is 13.8. The summed E-state index contributed by atoms with van der Waals surface area (Å²) in [5.74, 6) is -0.150. The van der Waals surface area contributed by atoms with Gasteiger partial charge in [-0.1, -0.05) is 24.3 Å². The van der Waals surface area contributed by atoms with Crippen LogP contribution in [0.4, 0.5) is 0 Å². The van der Waals surface area contributed by atoms with Crippen molar-refractivity contribution in [1.29, 1.82) is 0 Å². The van der Waals surface area contributed by atoms with Gasteiger partial charge in [-0.15, -0.1) is 0 Å². The van der Waals surface area contributed by atoms with E-state index >= 15 is 0 Å². The van der Waals surface area contributed by atoms with Crippen LogP contribution in [0, 0.1) is 5.92 Å². The number of ketones is 1. The van der Waals surface area contributed by atoms with Gasteiger partial charge in [0, 0.05) is 11.5 Å². The van der Waals surface area contributed by atoms with Crippen molar-refractivity contribution in [3.8, 4) is 0 Å². The number of allylic oxidation sites excluding steroid dienone is 2. The summed E-state index contributed by atoms with van der Waals surface area (Å²) in [6.45, 7) is 0. The summed E-state index contributed by atoms with van der Waals surface area (Å²) < 4.78 is 32.9. The fourth-order valence-electron chi connectivity index (χ4n) is 3.96. The van der Waals surface area contributed by atoms with Crippen LogP contribution in [0.2, 0.25) is 0 Å². The Hall–Kier alpha value is -2.60. The lowest BCUT2D eigenvalue weighted by Crippen LogP contribution is -2.44. The highest BCUT2D eigenvalue weighted by Crippen LogP contribution is 2.50. The van der Waals surface area contributed by atoms with Crippen LogP contribution in [0.25, 0.3) is 5.70 Å². The fourth-order valence-corrected chi connectivity index (χ4v) is 5.81. The van der Waals surface area contributed by atoms with Crippen molar-refractivity contribution in [1.82, 2.24) is 4.31 Å². The molecule has 5 nitrogen and oxygen atoms in total. The zero-order valence-corrected chi connectivity index (χ0v) is 13.3. The van der Waals surface area contributed by atoms with Gasteiger partial charge < -0.3 is 4.42 Å². The molecule has 0 saturated heterocycles. The third kappa shape index (κ3) is 1.58. The lowest BCUT2D eigenvalue weighted by atomic mass is 9.80. The van der Waals surface area contributed by atoms with Crippen LogP contribution >= 0.6 is 0 Å². The zero-order chi connectivity index (χ0) is 16.5. The van der Waals surface area contributed by atoms with Gasteiger partial charge in [-0.2, -0.15) is 0 Å². The average Bonchev–Trinajstić information content (AvgIpc) is 3.27. The predicted octanol–water partition coefficient (Wildman–Crippen LogP) is 2.55. The minimum Gasteiger partial charge on any atom is -0.469 e. The molecule has 2 aromatic rings. The van der Waals surface area contributed by atoms with E-state index in [0.717, 1.165) is 0 Å². The van der Waals surface area contributed by atoms with Crippen LogP contribution in [-0.2, 0) is 14.8 Å². The summed E-state index contributed by atoms with van der Waals surface area (Å²) in [6, 6.07) is 10.1. The van der Waals surface area contributed by atoms with E-state index in [1.807, 2.05) is 18.2 Å². The molecule has 0 N–H and O–H groups in total. The van der Waals surface area contributed by atoms with Gasteiger partial charge in [0.05, 0.1) is 28.8 Å². The Kier molecular flexibility index (Phi) is 2.58. The Morgan fingerprint density at radius 2 is 1.92 bits per heavy atom. The monoisotopic (exact) mass is 339 g/mol. The molecule has 0 unspecified atom stereocenters. The second-order valence-corrected chi connectivity index (χ2v) is 7.95. The minimum atomic E-state index is -3.65. The second kappa shape index (κ2) is 4.48. The highest BCUT2D eigenvalue weighted by molar-refractivity contribution is 7.90. The first-order valence-corrected chi connectivity index (χ1v) is 9.14. The number of furan rings is 1. The molecule has 120 valence electrons. The van der Waals surface area contributed by atoms with E-state index < -0.39 is 22.0 Å². The number of carbonyl (C=O) groups is 1. The number of hydrogen-bond donors (Lipinski definition) is 0. The van der Waals surface area contributed by atoms with Crippen molar-refractivity contribution in [2.45, 2.75) is 16.9 Å². The Morgan fingerprint density at radius 3 is 2.71 bits per heavy atom. The second-order valence-electron chi connectivity index (χ2n) is 6.17. The first-order chi connectivity index (χ1) is 11.6. The molecule has 3 heterocycles. The number of hydrogen-bond acceptors (Lipinski definition) is 4. The van der Waals surface area contributed by atoms with E-state index in [2.05, 4.69) is 0 Å². The van der Waals surface area contributed by atoms with Crippen molar-refractivity contribution in [2.75, 3.05) is 0 Å². The van der Waals surface area contributed by atoms with Crippen molar-refractivity contribution >= 4 is 21.5 Å². The van der Waals surface area contributed by atoms with Gasteiger partial charge in [0.15, 0.2) is 5.78 Å². The van der Waals surface area contributed by atoms with E-state index in [4.69, 9.17) is 4.42 Å². The standard InChI is InChI=1S/C18H13NO4S/c20-15-8-7-13-18(15)12(16-5-3-9-23-16)10-14-11-4-1-2-6-17(11)24(21,22)19(13)14/h1-10,12-13,18H/t12-,13+,18+/m0/s1. The summed E-state index contributed by atoms with van der Waals surface area (Å²) in [5.41, 5.74) is 1.31. The predicted molar refractivity (Wildman–Crippen MR) is 86.3 cm³/mol. The first-order valence-electron chi connectivity index (χ1n) is 7.70. The SMILES string of the molecule is O=C1C=C[C@@H]2[C@H]1[C@H](c1ccco1)C=C1c3ccccc3S(=O)(=O)N12. The number of nitrogens with zero attached hydrogens (tertiary/aromatic N) is 1. The molecule has 24 heavy (non-hydrogen) atoms. The van der Waals surface area contributed by atoms with Crippen LogP contribution in [-0.4, -0.2) is 24.5 Å². The fraction of sp³-hybridized carbons (Fsp3) is 0.167. The van der Waals surface area contributed by atoms with Gasteiger partial charge in [0.25, 0.3) is 10.0 Å². The van der Waals surface area contributed by atoms with E-state index in [0.29, 0.717) is 21.9 Å². The van der Waals surface area contributed by atoms with Crippen molar-refractivity contribution in [3.63, 3.8) is 0 Å². The van der Waals surface area contributed by atoms with E-state index in [1.165, 1.54) is 10.4 Å². The quantitative estimate of drug-likeness (QED) is 0.801. The topological polar surface area (TPSA) is 67.6 Å². The maximum atomic E-state index is 13.0. The molecular weight excluding hydrogens is 326 g/mol. The maximum Gasteiger partial charge on any atom is 0.265 e. The third-order valence-corrected chi connectivity index (χ3v) is 6.83. The molecule has 0 radical (unpaired) electrons. The van der Waals surface area contributed by atoms with Crippen LogP contribution in [0.15, 0.2) is 70.2 Å². The number of benzene rings is 1. The Labute approximate surface area is 138 Å². The number of sulfonamides is 1. The number of carbonyl (C=O) groups excluding carboxylic acids is 1. The van der Waals surface area contributed by atoms with Crippen LogP contribution in [0.1, 0.15) is 17.2 Å². The van der Waals surface area contributed by atoms with Gasteiger partial charge in [-0.05, 0) is 30.4 Å². The lowest BCUT2D eigenvalue weighted by Gasteiger charge is -2.37. The van der Waals surface area contributed by atoms with Gasteiger partial charge in [0.2, 0.25) is 0 Å². The highest BCUT2D eigenvalue weighted by Gasteiger charge is 2.52. The van der Waals surface area contributed by atoms with E-state index in [9.17, 15) is 13.2 Å². The normalized spacial score (nSPS) is 29.2. The maximum absolute atomic E-state index is 13.0. The molecule has 0 amide bonds. The molecule has 0 bridgehead atoms. The Balaban J connectivity index is 1.79. The molecule has 1 aromatic heterocycles. The van der Waals surface area contributed by atoms with Crippen LogP contribution in [0.5, 0.6) is 0 Å². The minimum absolute atomic E-state index is 0.0668. The smallest absolute Gasteiger partial charge is 0.265 e. The highest BCUT2D eigenvalue weighted by atomic mass is 32.2. The molecule has 3 aliphatic rings. The summed E-state index contributed by atoms with van der Waals surface area (Å²) >= 11 is 0. The van der Waals surface area contributed by atoms with Crippen molar-refractivity contribution < 1.29 is 17.6 Å². The number of fused-ring (bicyclic) bond motifs is 5. The molecular formula is C18H13NO4S. The zero-order valence-electron chi connectivity index (χ0n) is 12.5. The average molecular weight is 339 g/mol. The molecule has 0 fully saturated rings. The largest absolute Gasteiger partial charge is 0.469 e. The van der Waals surface area contributed by atoms with E-state index in [-0.39, 0.29) is 11.7 Å². The summed E-state index contributed by atoms with van der Waals surface area (Å²) in [4.78, 5) is 12.7. The number of rotatable bonds is 1. The molecule has 5 rings (SSSR count). The van der Waals surface area contributed by atoms with Crippen LogP contribution in [0.3, 0.4) is 0 Å². The van der Waals surface area contributed by atoms with Gasteiger partial charge in [-0.25, -0.2) is 8.42 Å². The van der Waals surface area contributed by atoms with Crippen molar-refractivity contribution in [2.24, 2.45) is 5.92 Å². The van der Waals surface area contributed by atoms with Gasteiger partial charge >= 0.3 is 0 Å². The molecule has 1 aliphatic carbocycles. The van der Waals surface area contributed by atoms with Crippen LogP contribution < -0.4 is 0 Å². The Bertz CT molecular complexity index is 1020. The summed E-state index contributed by atoms with van der Waals surface area (Å²) in [6.07, 6.45) is 6.61. The summed E-state index contributed by atoms with van der Waals surface area (Å²) in [5, 5.41) is 0. The molecule has 3 atom stereocenters. The summed E-state index contributed by atoms with van der Waals surface area (Å²) in [7, 11) is -3.65. The van der Waals surface area contributed by atoms with Gasteiger partial charge in [0.1, 0.15) is 5.76 Å².